The molecule has 1 aromatic rings. The number of benzene rings is 1. The maximum absolute atomic E-state index is 10.4. The van der Waals surface area contributed by atoms with E-state index in [1.54, 1.807) is 13.2 Å². The van der Waals surface area contributed by atoms with Gasteiger partial charge in [0.25, 0.3) is 0 Å². The van der Waals surface area contributed by atoms with E-state index in [0.29, 0.717) is 6.61 Å². The molecule has 0 fully saturated rings. The lowest BCUT2D eigenvalue weighted by molar-refractivity contribution is -0.131. The molecule has 0 heterocycles. The molecule has 0 aliphatic carbocycles. The van der Waals surface area contributed by atoms with Gasteiger partial charge in [-0.25, -0.2) is 4.79 Å². The average Bonchev–Trinajstić information content (AvgIpc) is 2.38. The smallest absolute Gasteiger partial charge is 0.328 e. The lowest BCUT2D eigenvalue weighted by atomic mass is 10.2. The molecule has 0 spiro atoms. The number of carbonyl (C=O) groups is 1. The van der Waals surface area contributed by atoms with Crippen LogP contribution < -0.4 is 4.90 Å². The maximum Gasteiger partial charge on any atom is 0.328 e. The van der Waals surface area contributed by atoms with E-state index in [0.717, 1.165) is 30.4 Å². The highest BCUT2D eigenvalue weighted by molar-refractivity contribution is 5.85. The van der Waals surface area contributed by atoms with Gasteiger partial charge in [0, 0.05) is 32.0 Å². The highest BCUT2D eigenvalue weighted by atomic mass is 16.5. The van der Waals surface area contributed by atoms with E-state index in [1.165, 1.54) is 0 Å². The second-order valence-electron chi connectivity index (χ2n) is 3.84. The number of carboxylic acids is 1. The van der Waals surface area contributed by atoms with Crippen LogP contribution in [-0.4, -0.2) is 37.9 Å². The summed E-state index contributed by atoms with van der Waals surface area (Å²) in [6.45, 7) is 4.54. The average molecular weight is 249 g/mol. The second-order valence-corrected chi connectivity index (χ2v) is 3.84. The molecule has 4 heteroatoms. The molecule has 1 N–H and O–H groups in total. The molecule has 0 amide bonds. The Hall–Kier alpha value is -1.81. The lowest BCUT2D eigenvalue weighted by Gasteiger charge is -2.22. The minimum absolute atomic E-state index is 0.689. The van der Waals surface area contributed by atoms with E-state index in [4.69, 9.17) is 9.84 Å². The van der Waals surface area contributed by atoms with Crippen molar-refractivity contribution in [3.8, 4) is 0 Å². The molecule has 0 aliphatic heterocycles. The zero-order valence-electron chi connectivity index (χ0n) is 10.8. The molecule has 18 heavy (non-hydrogen) atoms. The number of carboxylic acid groups (broad SMARTS) is 1. The van der Waals surface area contributed by atoms with Gasteiger partial charge in [0.15, 0.2) is 0 Å². The van der Waals surface area contributed by atoms with E-state index in [-0.39, 0.29) is 0 Å². The van der Waals surface area contributed by atoms with Gasteiger partial charge in [0.05, 0.1) is 6.61 Å². The molecule has 0 bridgehead atoms. The number of rotatable bonds is 7. The van der Waals surface area contributed by atoms with Crippen LogP contribution in [0.2, 0.25) is 0 Å². The van der Waals surface area contributed by atoms with Crippen LogP contribution in [0.3, 0.4) is 0 Å². The standard InChI is InChI=1S/C14H19NO3/c1-3-15(10-11-18-2)13-7-4-12(5-8-13)6-9-14(16)17/h4-9H,3,10-11H2,1-2H3,(H,16,17). The number of hydrogen-bond donors (Lipinski definition) is 1. The number of hydrogen-bond acceptors (Lipinski definition) is 3. The zero-order chi connectivity index (χ0) is 13.4. The summed E-state index contributed by atoms with van der Waals surface area (Å²) >= 11 is 0. The topological polar surface area (TPSA) is 49.8 Å². The third kappa shape index (κ3) is 4.59. The van der Waals surface area contributed by atoms with Crippen molar-refractivity contribution < 1.29 is 14.6 Å². The third-order valence-corrected chi connectivity index (χ3v) is 2.62. The van der Waals surface area contributed by atoms with Gasteiger partial charge in [-0.3, -0.25) is 0 Å². The Kier molecular flexibility index (Phi) is 5.94. The van der Waals surface area contributed by atoms with Crippen molar-refractivity contribution in [2.45, 2.75) is 6.92 Å². The Morgan fingerprint density at radius 3 is 2.56 bits per heavy atom. The number of nitrogens with zero attached hydrogens (tertiary/aromatic N) is 1. The minimum atomic E-state index is -0.936. The highest BCUT2D eigenvalue weighted by Crippen LogP contribution is 2.15. The predicted octanol–water partition coefficient (Wildman–Crippen LogP) is 2.26. The molecular formula is C14H19NO3. The van der Waals surface area contributed by atoms with Crippen molar-refractivity contribution in [2.24, 2.45) is 0 Å². The second kappa shape index (κ2) is 7.50. The van der Waals surface area contributed by atoms with Crippen LogP contribution in [-0.2, 0) is 9.53 Å². The van der Waals surface area contributed by atoms with Gasteiger partial charge in [-0.15, -0.1) is 0 Å². The Bertz CT molecular complexity index is 398. The summed E-state index contributed by atoms with van der Waals surface area (Å²) in [5.74, 6) is -0.936. The van der Waals surface area contributed by atoms with Crippen LogP contribution >= 0.6 is 0 Å². The van der Waals surface area contributed by atoms with Crippen molar-refractivity contribution >= 4 is 17.7 Å². The van der Waals surface area contributed by atoms with Gasteiger partial charge in [0.1, 0.15) is 0 Å². The minimum Gasteiger partial charge on any atom is -0.478 e. The first-order chi connectivity index (χ1) is 8.67. The number of methoxy groups -OCH3 is 1. The molecule has 1 rings (SSSR count). The van der Waals surface area contributed by atoms with E-state index >= 15 is 0 Å². The van der Waals surface area contributed by atoms with Gasteiger partial charge in [-0.2, -0.15) is 0 Å². The summed E-state index contributed by atoms with van der Waals surface area (Å²) in [5.41, 5.74) is 1.99. The van der Waals surface area contributed by atoms with E-state index in [9.17, 15) is 4.79 Å². The highest BCUT2D eigenvalue weighted by Gasteiger charge is 2.03. The van der Waals surface area contributed by atoms with Crippen molar-refractivity contribution in [1.82, 2.24) is 0 Å². The number of aliphatic carboxylic acids is 1. The maximum atomic E-state index is 10.4. The summed E-state index contributed by atoms with van der Waals surface area (Å²) in [6.07, 6.45) is 2.72. The molecule has 0 saturated heterocycles. The van der Waals surface area contributed by atoms with Crippen LogP contribution in [0, 0.1) is 0 Å². The van der Waals surface area contributed by atoms with Gasteiger partial charge in [0.2, 0.25) is 0 Å². The summed E-state index contributed by atoms with van der Waals surface area (Å²) in [5, 5.41) is 8.54. The molecule has 98 valence electrons. The van der Waals surface area contributed by atoms with Crippen molar-refractivity contribution in [3.63, 3.8) is 0 Å². The largest absolute Gasteiger partial charge is 0.478 e. The quantitative estimate of drug-likeness (QED) is 0.753. The number of anilines is 1. The summed E-state index contributed by atoms with van der Waals surface area (Å²) in [7, 11) is 1.69. The normalized spacial score (nSPS) is 10.8. The van der Waals surface area contributed by atoms with Crippen molar-refractivity contribution in [2.75, 3.05) is 31.7 Å². The lowest BCUT2D eigenvalue weighted by Crippen LogP contribution is -2.26. The van der Waals surface area contributed by atoms with E-state index in [1.807, 2.05) is 24.3 Å². The summed E-state index contributed by atoms with van der Waals surface area (Å²) in [6, 6.07) is 7.79. The van der Waals surface area contributed by atoms with Crippen molar-refractivity contribution in [1.29, 1.82) is 0 Å². The fourth-order valence-corrected chi connectivity index (χ4v) is 1.64. The van der Waals surface area contributed by atoms with Crippen LogP contribution in [0.1, 0.15) is 12.5 Å². The predicted molar refractivity (Wildman–Crippen MR) is 72.9 cm³/mol. The van der Waals surface area contributed by atoms with Crippen LogP contribution in [0.4, 0.5) is 5.69 Å². The Labute approximate surface area is 107 Å². The van der Waals surface area contributed by atoms with Gasteiger partial charge in [-0.1, -0.05) is 12.1 Å². The first-order valence-electron chi connectivity index (χ1n) is 5.92. The van der Waals surface area contributed by atoms with Gasteiger partial charge < -0.3 is 14.7 Å². The fraction of sp³-hybridized carbons (Fsp3) is 0.357. The first-order valence-corrected chi connectivity index (χ1v) is 5.92. The number of ether oxygens (including phenoxy) is 1. The Balaban J connectivity index is 2.71. The molecule has 1 aromatic carbocycles. The summed E-state index contributed by atoms with van der Waals surface area (Å²) in [4.78, 5) is 12.6. The third-order valence-electron chi connectivity index (χ3n) is 2.62. The van der Waals surface area contributed by atoms with Gasteiger partial charge in [-0.05, 0) is 30.7 Å². The molecule has 4 nitrogen and oxygen atoms in total. The molecule has 0 radical (unpaired) electrons. The SMILES string of the molecule is CCN(CCOC)c1ccc(C=CC(=O)O)cc1. The first kappa shape index (κ1) is 14.3. The molecular weight excluding hydrogens is 230 g/mol. The van der Waals surface area contributed by atoms with Crippen LogP contribution in [0.25, 0.3) is 6.08 Å². The fourth-order valence-electron chi connectivity index (χ4n) is 1.64. The summed E-state index contributed by atoms with van der Waals surface area (Å²) < 4.78 is 5.07. The Morgan fingerprint density at radius 2 is 2.06 bits per heavy atom. The van der Waals surface area contributed by atoms with Gasteiger partial charge >= 0.3 is 5.97 Å². The Morgan fingerprint density at radius 1 is 1.39 bits per heavy atom. The van der Waals surface area contributed by atoms with Crippen LogP contribution in [0.15, 0.2) is 30.3 Å². The molecule has 0 aliphatic rings. The molecule has 0 unspecified atom stereocenters. The van der Waals surface area contributed by atoms with Crippen molar-refractivity contribution in [3.05, 3.63) is 35.9 Å². The zero-order valence-corrected chi connectivity index (χ0v) is 10.8. The van der Waals surface area contributed by atoms with E-state index < -0.39 is 5.97 Å². The molecule has 0 atom stereocenters. The number of likely N-dealkylation sites (N-methyl/N-ethyl adjacent to an activating group) is 1. The molecule has 0 saturated carbocycles. The van der Waals surface area contributed by atoms with E-state index in [2.05, 4.69) is 11.8 Å². The monoisotopic (exact) mass is 249 g/mol. The molecule has 0 aromatic heterocycles. The van der Waals surface area contributed by atoms with Crippen LogP contribution in [0.5, 0.6) is 0 Å².